The zero-order valence-electron chi connectivity index (χ0n) is 10.3. The van der Waals surface area contributed by atoms with Crippen LogP contribution < -0.4 is 10.6 Å². The topological polar surface area (TPSA) is 72.1 Å². The summed E-state index contributed by atoms with van der Waals surface area (Å²) >= 11 is 0. The molecular formula is C13H14N4O. The molecule has 92 valence electrons. The number of anilines is 1. The normalized spacial score (nSPS) is 10.1. The summed E-state index contributed by atoms with van der Waals surface area (Å²) < 4.78 is 0. The Labute approximate surface area is 105 Å². The molecule has 18 heavy (non-hydrogen) atoms. The Morgan fingerprint density at radius 3 is 2.44 bits per heavy atom. The minimum atomic E-state index is -0.529. The number of amides is 1. The maximum Gasteiger partial charge on any atom is 0.254 e. The molecule has 0 fully saturated rings. The highest BCUT2D eigenvalue weighted by molar-refractivity contribution is 5.97. The van der Waals surface area contributed by atoms with Gasteiger partial charge < -0.3 is 10.6 Å². The number of primary amides is 1. The quantitative estimate of drug-likeness (QED) is 0.880. The molecule has 1 amide bonds. The molecular weight excluding hydrogens is 228 g/mol. The molecule has 0 saturated heterocycles. The molecule has 0 saturated carbocycles. The Balaban J connectivity index is 2.54. The predicted molar refractivity (Wildman–Crippen MR) is 70.3 cm³/mol. The Bertz CT molecular complexity index is 566. The highest BCUT2D eigenvalue weighted by atomic mass is 16.1. The summed E-state index contributed by atoms with van der Waals surface area (Å²) in [6, 6.07) is 9.58. The second kappa shape index (κ2) is 4.83. The summed E-state index contributed by atoms with van der Waals surface area (Å²) in [4.78, 5) is 21.6. The van der Waals surface area contributed by atoms with Crippen LogP contribution in [0.2, 0.25) is 0 Å². The first-order valence-corrected chi connectivity index (χ1v) is 5.49. The predicted octanol–water partition coefficient (Wildman–Crippen LogP) is 1.31. The maximum atomic E-state index is 11.3. The van der Waals surface area contributed by atoms with Crippen molar-refractivity contribution < 1.29 is 4.79 Å². The summed E-state index contributed by atoms with van der Waals surface area (Å²) in [5, 5.41) is 0. The first-order chi connectivity index (χ1) is 8.59. The van der Waals surface area contributed by atoms with Crippen LogP contribution in [0.1, 0.15) is 10.4 Å². The fourth-order valence-corrected chi connectivity index (χ4v) is 1.61. The third-order valence-electron chi connectivity index (χ3n) is 2.49. The van der Waals surface area contributed by atoms with E-state index in [2.05, 4.69) is 9.97 Å². The summed E-state index contributed by atoms with van der Waals surface area (Å²) in [6.45, 7) is 0. The van der Waals surface area contributed by atoms with Gasteiger partial charge in [-0.05, 0) is 0 Å². The van der Waals surface area contributed by atoms with Crippen LogP contribution in [0.3, 0.4) is 0 Å². The number of hydrogen-bond acceptors (Lipinski definition) is 4. The molecule has 2 rings (SSSR count). The zero-order valence-corrected chi connectivity index (χ0v) is 10.3. The van der Waals surface area contributed by atoms with Gasteiger partial charge in [-0.25, -0.2) is 9.97 Å². The zero-order chi connectivity index (χ0) is 13.1. The summed E-state index contributed by atoms with van der Waals surface area (Å²) in [7, 11) is 3.62. The van der Waals surface area contributed by atoms with E-state index in [1.165, 1.54) is 6.20 Å². The van der Waals surface area contributed by atoms with Gasteiger partial charge in [0.25, 0.3) is 5.91 Å². The van der Waals surface area contributed by atoms with Gasteiger partial charge in [-0.2, -0.15) is 0 Å². The van der Waals surface area contributed by atoms with Gasteiger partial charge in [0.2, 0.25) is 0 Å². The second-order valence-electron chi connectivity index (χ2n) is 4.06. The van der Waals surface area contributed by atoms with E-state index in [1.54, 1.807) is 4.90 Å². The molecule has 2 aromatic rings. The number of benzene rings is 1. The Morgan fingerprint density at radius 2 is 1.89 bits per heavy atom. The molecule has 0 atom stereocenters. The Hall–Kier alpha value is -2.43. The lowest BCUT2D eigenvalue weighted by Crippen LogP contribution is -2.20. The van der Waals surface area contributed by atoms with Crippen molar-refractivity contribution in [3.63, 3.8) is 0 Å². The molecule has 1 heterocycles. The average molecular weight is 242 g/mol. The molecule has 0 radical (unpaired) electrons. The van der Waals surface area contributed by atoms with Crippen molar-refractivity contribution in [1.29, 1.82) is 0 Å². The van der Waals surface area contributed by atoms with E-state index in [1.807, 2.05) is 44.4 Å². The fraction of sp³-hybridized carbons (Fsp3) is 0.154. The summed E-state index contributed by atoms with van der Waals surface area (Å²) in [6.07, 6.45) is 1.47. The van der Waals surface area contributed by atoms with Crippen molar-refractivity contribution in [2.75, 3.05) is 19.0 Å². The second-order valence-corrected chi connectivity index (χ2v) is 4.06. The van der Waals surface area contributed by atoms with Crippen molar-refractivity contribution >= 4 is 11.7 Å². The molecule has 1 aromatic carbocycles. The number of carbonyl (C=O) groups excluding carboxylic acids is 1. The number of carbonyl (C=O) groups is 1. The number of hydrogen-bond donors (Lipinski definition) is 1. The smallest absolute Gasteiger partial charge is 0.254 e. The minimum Gasteiger partial charge on any atom is -0.365 e. The van der Waals surface area contributed by atoms with Gasteiger partial charge in [0, 0.05) is 25.9 Å². The maximum absolute atomic E-state index is 11.3. The third-order valence-corrected chi connectivity index (χ3v) is 2.49. The average Bonchev–Trinajstić information content (AvgIpc) is 2.39. The highest BCUT2D eigenvalue weighted by Gasteiger charge is 2.14. The van der Waals surface area contributed by atoms with Crippen molar-refractivity contribution in [2.45, 2.75) is 0 Å². The largest absolute Gasteiger partial charge is 0.365 e. The van der Waals surface area contributed by atoms with E-state index in [4.69, 9.17) is 5.73 Å². The standard InChI is InChI=1S/C13H14N4O/c1-17(2)13-10(11(14)18)8-15-12(16-13)9-6-4-3-5-7-9/h3-8H,1-2H3,(H2,14,18). The number of aromatic nitrogens is 2. The van der Waals surface area contributed by atoms with Crippen LogP contribution in [0, 0.1) is 0 Å². The lowest BCUT2D eigenvalue weighted by molar-refractivity contribution is 0.1000. The first kappa shape index (κ1) is 12.0. The van der Waals surface area contributed by atoms with Crippen LogP contribution in [0.25, 0.3) is 11.4 Å². The molecule has 0 aliphatic heterocycles. The van der Waals surface area contributed by atoms with E-state index in [0.29, 0.717) is 17.2 Å². The molecule has 2 N–H and O–H groups in total. The minimum absolute atomic E-state index is 0.319. The molecule has 0 bridgehead atoms. The van der Waals surface area contributed by atoms with Gasteiger partial charge in [-0.15, -0.1) is 0 Å². The van der Waals surface area contributed by atoms with E-state index in [0.717, 1.165) is 5.56 Å². The first-order valence-electron chi connectivity index (χ1n) is 5.49. The van der Waals surface area contributed by atoms with Crippen LogP contribution in [0.15, 0.2) is 36.5 Å². The van der Waals surface area contributed by atoms with Crippen LogP contribution in [-0.4, -0.2) is 30.0 Å². The van der Waals surface area contributed by atoms with Gasteiger partial charge in [-0.1, -0.05) is 30.3 Å². The van der Waals surface area contributed by atoms with E-state index in [-0.39, 0.29) is 0 Å². The van der Waals surface area contributed by atoms with Crippen molar-refractivity contribution in [2.24, 2.45) is 5.73 Å². The fourth-order valence-electron chi connectivity index (χ4n) is 1.61. The van der Waals surface area contributed by atoms with Crippen molar-refractivity contribution in [3.05, 3.63) is 42.1 Å². The van der Waals surface area contributed by atoms with Crippen molar-refractivity contribution in [1.82, 2.24) is 9.97 Å². The van der Waals surface area contributed by atoms with Crippen LogP contribution in [0.4, 0.5) is 5.82 Å². The van der Waals surface area contributed by atoms with Crippen LogP contribution in [0.5, 0.6) is 0 Å². The monoisotopic (exact) mass is 242 g/mol. The van der Waals surface area contributed by atoms with Gasteiger partial charge in [-0.3, -0.25) is 4.79 Å². The molecule has 0 aliphatic carbocycles. The molecule has 0 spiro atoms. The molecule has 0 aliphatic rings. The number of rotatable bonds is 3. The molecule has 5 heteroatoms. The van der Waals surface area contributed by atoms with Gasteiger partial charge in [0.1, 0.15) is 11.4 Å². The highest BCUT2D eigenvalue weighted by Crippen LogP contribution is 2.20. The van der Waals surface area contributed by atoms with Gasteiger partial charge >= 0.3 is 0 Å². The molecule has 5 nitrogen and oxygen atoms in total. The summed E-state index contributed by atoms with van der Waals surface area (Å²) in [5.41, 5.74) is 6.51. The van der Waals surface area contributed by atoms with Crippen molar-refractivity contribution in [3.8, 4) is 11.4 Å². The SMILES string of the molecule is CN(C)c1nc(-c2ccccc2)ncc1C(N)=O. The summed E-state index contributed by atoms with van der Waals surface area (Å²) in [5.74, 6) is 0.568. The van der Waals surface area contributed by atoms with Gasteiger partial charge in [0.05, 0.1) is 0 Å². The lowest BCUT2D eigenvalue weighted by Gasteiger charge is -2.15. The Morgan fingerprint density at radius 1 is 1.22 bits per heavy atom. The van der Waals surface area contributed by atoms with E-state index in [9.17, 15) is 4.79 Å². The van der Waals surface area contributed by atoms with E-state index >= 15 is 0 Å². The Kier molecular flexibility index (Phi) is 3.23. The number of nitrogens with zero attached hydrogens (tertiary/aromatic N) is 3. The third kappa shape index (κ3) is 2.29. The van der Waals surface area contributed by atoms with E-state index < -0.39 is 5.91 Å². The molecule has 0 unspecified atom stereocenters. The molecule has 1 aromatic heterocycles. The van der Waals surface area contributed by atoms with Crippen LogP contribution >= 0.6 is 0 Å². The van der Waals surface area contributed by atoms with Crippen LogP contribution in [-0.2, 0) is 0 Å². The number of nitrogens with two attached hydrogens (primary N) is 1. The van der Waals surface area contributed by atoms with Gasteiger partial charge in [0.15, 0.2) is 5.82 Å². The lowest BCUT2D eigenvalue weighted by atomic mass is 10.2.